The minimum absolute atomic E-state index is 0.690. The minimum Gasteiger partial charge on any atom is -0.481 e. The zero-order valence-corrected chi connectivity index (χ0v) is 10.8. The van der Waals surface area contributed by atoms with Gasteiger partial charge in [0.05, 0.1) is 7.11 Å². The maximum Gasteiger partial charge on any atom is 0.213 e. The summed E-state index contributed by atoms with van der Waals surface area (Å²) in [5.74, 6) is 3.23. The van der Waals surface area contributed by atoms with Gasteiger partial charge in [-0.25, -0.2) is 4.98 Å². The summed E-state index contributed by atoms with van der Waals surface area (Å²) < 4.78 is 5.19. The molecule has 1 aliphatic carbocycles. The molecule has 0 aromatic carbocycles. The molecule has 3 nitrogen and oxygen atoms in total. The van der Waals surface area contributed by atoms with Crippen molar-refractivity contribution < 1.29 is 4.74 Å². The summed E-state index contributed by atoms with van der Waals surface area (Å²) >= 11 is 0. The zero-order valence-electron chi connectivity index (χ0n) is 10.8. The van der Waals surface area contributed by atoms with Gasteiger partial charge in [-0.15, -0.1) is 0 Å². The summed E-state index contributed by atoms with van der Waals surface area (Å²) in [7, 11) is 1.68. The van der Waals surface area contributed by atoms with Crippen LogP contribution in [0.2, 0.25) is 0 Å². The van der Waals surface area contributed by atoms with Crippen LogP contribution in [-0.4, -0.2) is 36.1 Å². The minimum atomic E-state index is 0.690. The number of aromatic nitrogens is 1. The molecule has 1 saturated heterocycles. The quantitative estimate of drug-likeness (QED) is 0.798. The van der Waals surface area contributed by atoms with E-state index in [1.165, 1.54) is 18.7 Å². The Morgan fingerprint density at radius 2 is 2.06 bits per heavy atom. The van der Waals surface area contributed by atoms with Crippen LogP contribution in [0.1, 0.15) is 25.3 Å². The van der Waals surface area contributed by atoms with E-state index in [0.717, 1.165) is 23.6 Å². The summed E-state index contributed by atoms with van der Waals surface area (Å²) in [5.41, 5.74) is 1.41. The smallest absolute Gasteiger partial charge is 0.213 e. The lowest BCUT2D eigenvalue weighted by molar-refractivity contribution is 0.243. The van der Waals surface area contributed by atoms with Crippen molar-refractivity contribution in [1.82, 2.24) is 9.88 Å². The van der Waals surface area contributed by atoms with Crippen molar-refractivity contribution in [2.45, 2.75) is 25.8 Å². The van der Waals surface area contributed by atoms with Crippen LogP contribution >= 0.6 is 0 Å². The molecule has 2 fully saturated rings. The van der Waals surface area contributed by atoms with Crippen molar-refractivity contribution in [3.05, 3.63) is 23.9 Å². The molecule has 1 saturated carbocycles. The van der Waals surface area contributed by atoms with Crippen LogP contribution in [0.25, 0.3) is 0 Å². The van der Waals surface area contributed by atoms with Crippen LogP contribution < -0.4 is 4.74 Å². The van der Waals surface area contributed by atoms with Gasteiger partial charge in [0.1, 0.15) is 0 Å². The van der Waals surface area contributed by atoms with Crippen molar-refractivity contribution in [3.8, 4) is 5.88 Å². The number of fused-ring (bicyclic) bond motifs is 1. The number of piperidine rings is 1. The van der Waals surface area contributed by atoms with Gasteiger partial charge in [-0.2, -0.15) is 0 Å². The molecule has 2 aliphatic rings. The van der Waals surface area contributed by atoms with Gasteiger partial charge in [0, 0.05) is 31.4 Å². The van der Waals surface area contributed by atoms with Crippen LogP contribution in [0.3, 0.4) is 0 Å². The van der Waals surface area contributed by atoms with Crippen molar-refractivity contribution in [2.24, 2.45) is 11.8 Å². The second-order valence-corrected chi connectivity index (χ2v) is 5.53. The van der Waals surface area contributed by atoms with Crippen LogP contribution in [0.4, 0.5) is 0 Å². The normalized spacial score (nSPS) is 31.6. The van der Waals surface area contributed by atoms with Crippen LogP contribution in [0, 0.1) is 11.8 Å². The summed E-state index contributed by atoms with van der Waals surface area (Å²) in [4.78, 5) is 6.76. The monoisotopic (exact) mass is 232 g/mol. The van der Waals surface area contributed by atoms with E-state index in [0.29, 0.717) is 6.04 Å². The lowest BCUT2D eigenvalue weighted by atomic mass is 10.1. The first kappa shape index (κ1) is 11.0. The third-order valence-electron chi connectivity index (χ3n) is 4.31. The van der Waals surface area contributed by atoms with Crippen LogP contribution in [0.15, 0.2) is 18.3 Å². The molecule has 0 spiro atoms. The molecule has 2 atom stereocenters. The Labute approximate surface area is 103 Å². The van der Waals surface area contributed by atoms with E-state index >= 15 is 0 Å². The third-order valence-corrected chi connectivity index (χ3v) is 4.31. The molecule has 0 amide bonds. The van der Waals surface area contributed by atoms with Gasteiger partial charge in [-0.1, -0.05) is 0 Å². The second kappa shape index (κ2) is 3.98. The molecule has 3 heteroatoms. The molecule has 2 unspecified atom stereocenters. The van der Waals surface area contributed by atoms with Gasteiger partial charge in [-0.3, -0.25) is 0 Å². The molecule has 1 aliphatic heterocycles. The highest BCUT2D eigenvalue weighted by molar-refractivity contribution is 5.32. The lowest BCUT2D eigenvalue weighted by Gasteiger charge is -2.23. The standard InChI is InChI=1S/C14H20N2O/c1-9(2)16-7-11-12(8-16)14(11)10-4-5-15-13(6-10)17-3/h4-6,9,11-12,14H,7-8H2,1-3H3. The number of methoxy groups -OCH3 is 1. The van der Waals surface area contributed by atoms with E-state index in [9.17, 15) is 0 Å². The fourth-order valence-electron chi connectivity index (χ4n) is 3.22. The van der Waals surface area contributed by atoms with Gasteiger partial charge in [-0.05, 0) is 43.2 Å². The summed E-state index contributed by atoms with van der Waals surface area (Å²) in [5, 5.41) is 0. The third kappa shape index (κ3) is 1.82. The molecular weight excluding hydrogens is 212 g/mol. The van der Waals surface area contributed by atoms with Gasteiger partial charge < -0.3 is 9.64 Å². The number of pyridine rings is 1. The van der Waals surface area contributed by atoms with Gasteiger partial charge in [0.15, 0.2) is 0 Å². The fourth-order valence-corrected chi connectivity index (χ4v) is 3.22. The van der Waals surface area contributed by atoms with E-state index < -0.39 is 0 Å². The van der Waals surface area contributed by atoms with Gasteiger partial charge in [0.25, 0.3) is 0 Å². The van der Waals surface area contributed by atoms with Gasteiger partial charge >= 0.3 is 0 Å². The maximum atomic E-state index is 5.19. The fraction of sp³-hybridized carbons (Fsp3) is 0.643. The van der Waals surface area contributed by atoms with Crippen LogP contribution in [-0.2, 0) is 0 Å². The number of hydrogen-bond donors (Lipinski definition) is 0. The van der Waals surface area contributed by atoms with Crippen molar-refractivity contribution in [2.75, 3.05) is 20.2 Å². The predicted octanol–water partition coefficient (Wildman–Crippen LogP) is 2.14. The number of ether oxygens (including phenoxy) is 1. The average molecular weight is 232 g/mol. The van der Waals surface area contributed by atoms with Gasteiger partial charge in [0.2, 0.25) is 5.88 Å². The molecule has 3 rings (SSSR count). The molecular formula is C14H20N2O. The van der Waals surface area contributed by atoms with E-state index in [1.807, 2.05) is 6.20 Å². The number of likely N-dealkylation sites (tertiary alicyclic amines) is 1. The largest absolute Gasteiger partial charge is 0.481 e. The summed E-state index contributed by atoms with van der Waals surface area (Å²) in [6.45, 7) is 7.10. The molecule has 1 aromatic rings. The van der Waals surface area contributed by atoms with E-state index in [2.05, 4.69) is 35.9 Å². The molecule has 0 N–H and O–H groups in total. The van der Waals surface area contributed by atoms with E-state index in [4.69, 9.17) is 4.74 Å². The number of rotatable bonds is 3. The first-order valence-electron chi connectivity index (χ1n) is 6.44. The molecule has 17 heavy (non-hydrogen) atoms. The highest BCUT2D eigenvalue weighted by Crippen LogP contribution is 2.58. The summed E-state index contributed by atoms with van der Waals surface area (Å²) in [6.07, 6.45) is 1.86. The Morgan fingerprint density at radius 1 is 1.35 bits per heavy atom. The molecule has 2 heterocycles. The van der Waals surface area contributed by atoms with Crippen LogP contribution in [0.5, 0.6) is 5.88 Å². The zero-order chi connectivity index (χ0) is 12.0. The Hall–Kier alpha value is -1.09. The Morgan fingerprint density at radius 3 is 2.65 bits per heavy atom. The van der Waals surface area contributed by atoms with Crippen molar-refractivity contribution in [3.63, 3.8) is 0 Å². The number of hydrogen-bond acceptors (Lipinski definition) is 3. The second-order valence-electron chi connectivity index (χ2n) is 5.53. The highest BCUT2D eigenvalue weighted by atomic mass is 16.5. The lowest BCUT2D eigenvalue weighted by Crippen LogP contribution is -2.30. The Balaban J connectivity index is 1.70. The highest BCUT2D eigenvalue weighted by Gasteiger charge is 2.56. The van der Waals surface area contributed by atoms with Crippen molar-refractivity contribution in [1.29, 1.82) is 0 Å². The molecule has 1 aromatic heterocycles. The SMILES string of the molecule is COc1cc(C2C3CN(C(C)C)CC32)ccn1. The van der Waals surface area contributed by atoms with E-state index in [1.54, 1.807) is 7.11 Å². The predicted molar refractivity (Wildman–Crippen MR) is 67.2 cm³/mol. The maximum absolute atomic E-state index is 5.19. The molecule has 0 radical (unpaired) electrons. The number of nitrogens with zero attached hydrogens (tertiary/aromatic N) is 2. The molecule has 92 valence electrons. The first-order chi connectivity index (χ1) is 8.20. The topological polar surface area (TPSA) is 25.4 Å². The Bertz CT molecular complexity index is 406. The van der Waals surface area contributed by atoms with E-state index in [-0.39, 0.29) is 0 Å². The molecule has 0 bridgehead atoms. The first-order valence-corrected chi connectivity index (χ1v) is 6.44. The Kier molecular flexibility index (Phi) is 2.58. The summed E-state index contributed by atoms with van der Waals surface area (Å²) in [6, 6.07) is 4.93. The van der Waals surface area contributed by atoms with Crippen molar-refractivity contribution >= 4 is 0 Å². The average Bonchev–Trinajstić information content (AvgIpc) is 2.84.